The van der Waals surface area contributed by atoms with E-state index in [-0.39, 0.29) is 11.8 Å². The van der Waals surface area contributed by atoms with Crippen LogP contribution in [0.1, 0.15) is 18.4 Å². The zero-order valence-corrected chi connectivity index (χ0v) is 19.5. The number of nitrogens with one attached hydrogen (secondary N) is 1. The molecule has 1 aromatic heterocycles. The lowest BCUT2D eigenvalue weighted by Crippen LogP contribution is -2.39. The zero-order valence-electron chi connectivity index (χ0n) is 19.5. The summed E-state index contributed by atoms with van der Waals surface area (Å²) >= 11 is 0. The van der Waals surface area contributed by atoms with Crippen LogP contribution in [0.3, 0.4) is 0 Å². The number of hydrogen-bond acceptors (Lipinski definition) is 5. The first-order valence-electron chi connectivity index (χ1n) is 11.6. The van der Waals surface area contributed by atoms with Crippen LogP contribution in [0.15, 0.2) is 72.8 Å². The van der Waals surface area contributed by atoms with Gasteiger partial charge in [-0.25, -0.2) is 9.97 Å². The molecule has 5 rings (SSSR count). The van der Waals surface area contributed by atoms with Gasteiger partial charge in [-0.05, 0) is 56.2 Å². The number of carbonyl (C=O) groups is 1. The topological polar surface area (TPSA) is 67.3 Å². The van der Waals surface area contributed by atoms with Gasteiger partial charge >= 0.3 is 0 Å². The number of anilines is 2. The van der Waals surface area contributed by atoms with Gasteiger partial charge in [-0.15, -0.1) is 0 Å². The van der Waals surface area contributed by atoms with Gasteiger partial charge in [0.05, 0.1) is 18.3 Å². The second-order valence-corrected chi connectivity index (χ2v) is 8.74. The predicted octanol–water partition coefficient (Wildman–Crippen LogP) is 5.47. The van der Waals surface area contributed by atoms with E-state index in [1.54, 1.807) is 7.11 Å². The fraction of sp³-hybridized carbons (Fsp3) is 0.250. The molecule has 0 radical (unpaired) electrons. The van der Waals surface area contributed by atoms with Gasteiger partial charge in [0.25, 0.3) is 0 Å². The average Bonchev–Trinajstić information content (AvgIpc) is 2.89. The Morgan fingerprint density at radius 2 is 1.71 bits per heavy atom. The Labute approximate surface area is 199 Å². The Morgan fingerprint density at radius 3 is 2.41 bits per heavy atom. The minimum atomic E-state index is -0.0324. The van der Waals surface area contributed by atoms with E-state index >= 15 is 0 Å². The van der Waals surface area contributed by atoms with Gasteiger partial charge in [0.15, 0.2) is 0 Å². The summed E-state index contributed by atoms with van der Waals surface area (Å²) in [5, 5.41) is 4.09. The molecule has 0 atom stereocenters. The Hall–Kier alpha value is -3.93. The van der Waals surface area contributed by atoms with Crippen molar-refractivity contribution in [2.75, 3.05) is 30.4 Å². The Bertz CT molecular complexity index is 1300. The molecule has 1 fully saturated rings. The number of rotatable bonds is 5. The van der Waals surface area contributed by atoms with Crippen LogP contribution >= 0.6 is 0 Å². The summed E-state index contributed by atoms with van der Waals surface area (Å²) in [6, 6.07) is 24.0. The number of benzene rings is 3. The normalized spacial score (nSPS) is 14.2. The van der Waals surface area contributed by atoms with Crippen molar-refractivity contribution in [3.63, 3.8) is 0 Å². The van der Waals surface area contributed by atoms with Gasteiger partial charge in [0.2, 0.25) is 11.9 Å². The molecule has 0 bridgehead atoms. The number of methoxy groups -OCH3 is 1. The van der Waals surface area contributed by atoms with Crippen molar-refractivity contribution in [2.24, 2.45) is 5.92 Å². The summed E-state index contributed by atoms with van der Waals surface area (Å²) in [7, 11) is 1.63. The standard InChI is InChI=1S/C28H28N4O2/c1-19-8-13-25-24(18-19)26(20-6-4-3-5-7-20)31-28(30-25)32-16-14-21(15-17-32)27(33)29-22-9-11-23(34-2)12-10-22/h3-13,18,21H,14-17H2,1-2H3,(H,29,33). The molecular weight excluding hydrogens is 424 g/mol. The first-order valence-corrected chi connectivity index (χ1v) is 11.6. The molecule has 2 heterocycles. The van der Waals surface area contributed by atoms with Crippen molar-refractivity contribution >= 4 is 28.4 Å². The summed E-state index contributed by atoms with van der Waals surface area (Å²) in [6.07, 6.45) is 1.52. The zero-order chi connectivity index (χ0) is 23.5. The largest absolute Gasteiger partial charge is 0.497 e. The molecule has 6 heteroatoms. The third-order valence-electron chi connectivity index (χ3n) is 6.39. The number of ether oxygens (including phenoxy) is 1. The molecule has 0 spiro atoms. The average molecular weight is 453 g/mol. The lowest BCUT2D eigenvalue weighted by molar-refractivity contribution is -0.120. The van der Waals surface area contributed by atoms with E-state index in [2.05, 4.69) is 47.5 Å². The van der Waals surface area contributed by atoms with Gasteiger partial charge in [-0.3, -0.25) is 4.79 Å². The van der Waals surface area contributed by atoms with Crippen molar-refractivity contribution in [3.8, 4) is 17.0 Å². The summed E-state index contributed by atoms with van der Waals surface area (Å²) in [4.78, 5) is 24.9. The van der Waals surface area contributed by atoms with Crippen molar-refractivity contribution in [3.05, 3.63) is 78.4 Å². The first kappa shape index (κ1) is 21.9. The molecule has 1 amide bonds. The van der Waals surface area contributed by atoms with Gasteiger partial charge in [-0.1, -0.05) is 42.0 Å². The van der Waals surface area contributed by atoms with Crippen molar-refractivity contribution in [2.45, 2.75) is 19.8 Å². The van der Waals surface area contributed by atoms with Crippen LogP contribution in [0.25, 0.3) is 22.2 Å². The van der Waals surface area contributed by atoms with Gasteiger partial charge in [-0.2, -0.15) is 0 Å². The molecule has 4 aromatic rings. The number of amides is 1. The minimum Gasteiger partial charge on any atom is -0.497 e. The quantitative estimate of drug-likeness (QED) is 0.435. The van der Waals surface area contributed by atoms with E-state index < -0.39 is 0 Å². The van der Waals surface area contributed by atoms with Crippen LogP contribution in [0, 0.1) is 12.8 Å². The lowest BCUT2D eigenvalue weighted by atomic mass is 9.96. The molecule has 0 unspecified atom stereocenters. The third-order valence-corrected chi connectivity index (χ3v) is 6.39. The highest BCUT2D eigenvalue weighted by Gasteiger charge is 2.27. The Morgan fingerprint density at radius 1 is 0.971 bits per heavy atom. The second kappa shape index (κ2) is 9.51. The predicted molar refractivity (Wildman–Crippen MR) is 136 cm³/mol. The highest BCUT2D eigenvalue weighted by atomic mass is 16.5. The first-order chi connectivity index (χ1) is 16.6. The number of nitrogens with zero attached hydrogens (tertiary/aromatic N) is 3. The fourth-order valence-electron chi connectivity index (χ4n) is 4.45. The van der Waals surface area contributed by atoms with E-state index in [1.807, 2.05) is 42.5 Å². The van der Waals surface area contributed by atoms with E-state index in [9.17, 15) is 4.79 Å². The van der Waals surface area contributed by atoms with Crippen molar-refractivity contribution in [1.29, 1.82) is 0 Å². The second-order valence-electron chi connectivity index (χ2n) is 8.74. The molecule has 1 saturated heterocycles. The molecule has 0 aliphatic carbocycles. The number of hydrogen-bond donors (Lipinski definition) is 1. The summed E-state index contributed by atoms with van der Waals surface area (Å²) < 4.78 is 5.18. The Kier molecular flexibility index (Phi) is 6.12. The summed E-state index contributed by atoms with van der Waals surface area (Å²) in [5.74, 6) is 1.52. The molecule has 1 aliphatic heterocycles. The van der Waals surface area contributed by atoms with Crippen LogP contribution < -0.4 is 15.0 Å². The van der Waals surface area contributed by atoms with E-state index in [0.717, 1.165) is 65.5 Å². The number of aryl methyl sites for hydroxylation is 1. The lowest BCUT2D eigenvalue weighted by Gasteiger charge is -2.31. The van der Waals surface area contributed by atoms with Crippen LogP contribution in [-0.2, 0) is 4.79 Å². The SMILES string of the molecule is COc1ccc(NC(=O)C2CCN(c3nc(-c4ccccc4)c4cc(C)ccc4n3)CC2)cc1. The fourth-order valence-corrected chi connectivity index (χ4v) is 4.45. The number of piperidine rings is 1. The number of carbonyl (C=O) groups excluding carboxylic acids is 1. The van der Waals surface area contributed by atoms with E-state index in [0.29, 0.717) is 0 Å². The van der Waals surface area contributed by atoms with E-state index in [1.165, 1.54) is 5.56 Å². The van der Waals surface area contributed by atoms with Crippen molar-refractivity contribution < 1.29 is 9.53 Å². The molecule has 6 nitrogen and oxygen atoms in total. The smallest absolute Gasteiger partial charge is 0.227 e. The third kappa shape index (κ3) is 4.57. The van der Waals surface area contributed by atoms with Crippen LogP contribution in [0.2, 0.25) is 0 Å². The van der Waals surface area contributed by atoms with Crippen molar-refractivity contribution in [1.82, 2.24) is 9.97 Å². The highest BCUT2D eigenvalue weighted by molar-refractivity contribution is 5.94. The number of fused-ring (bicyclic) bond motifs is 1. The maximum Gasteiger partial charge on any atom is 0.227 e. The maximum atomic E-state index is 12.8. The highest BCUT2D eigenvalue weighted by Crippen LogP contribution is 2.30. The molecular formula is C28H28N4O2. The molecule has 1 N–H and O–H groups in total. The van der Waals surface area contributed by atoms with Crippen LogP contribution in [0.4, 0.5) is 11.6 Å². The summed E-state index contributed by atoms with van der Waals surface area (Å²) in [6.45, 7) is 3.57. The molecule has 0 saturated carbocycles. The molecule has 3 aromatic carbocycles. The molecule has 172 valence electrons. The molecule has 34 heavy (non-hydrogen) atoms. The van der Waals surface area contributed by atoms with Gasteiger partial charge < -0.3 is 15.0 Å². The monoisotopic (exact) mass is 452 g/mol. The number of aromatic nitrogens is 2. The minimum absolute atomic E-state index is 0.0324. The van der Waals surface area contributed by atoms with Crippen LogP contribution in [-0.4, -0.2) is 36.1 Å². The maximum absolute atomic E-state index is 12.8. The summed E-state index contributed by atoms with van der Waals surface area (Å²) in [5.41, 5.74) is 4.94. The van der Waals surface area contributed by atoms with Crippen LogP contribution in [0.5, 0.6) is 5.75 Å². The van der Waals surface area contributed by atoms with E-state index in [4.69, 9.17) is 14.7 Å². The Balaban J connectivity index is 1.33. The van der Waals surface area contributed by atoms with Gasteiger partial charge in [0, 0.05) is 35.6 Å². The van der Waals surface area contributed by atoms with Gasteiger partial charge in [0.1, 0.15) is 5.75 Å². The molecule has 1 aliphatic rings.